The summed E-state index contributed by atoms with van der Waals surface area (Å²) in [5, 5.41) is 0. The number of hydrogen-bond acceptors (Lipinski definition) is 1. The molecule has 1 unspecified atom stereocenters. The van der Waals surface area contributed by atoms with Crippen LogP contribution in [0.15, 0.2) is 12.2 Å². The summed E-state index contributed by atoms with van der Waals surface area (Å²) in [6.07, 6.45) is 3.90. The van der Waals surface area contributed by atoms with E-state index in [0.717, 1.165) is 6.42 Å². The Morgan fingerprint density at radius 1 is 1.19 bits per heavy atom. The third-order valence-corrected chi connectivity index (χ3v) is 5.62. The fraction of sp³-hybridized carbons (Fsp3) is 0.857. The summed E-state index contributed by atoms with van der Waals surface area (Å²) in [4.78, 5) is 0. The van der Waals surface area contributed by atoms with Crippen molar-refractivity contribution in [3.8, 4) is 0 Å². The molecule has 0 heterocycles. The Morgan fingerprint density at radius 3 is 2.00 bits per heavy atom. The van der Waals surface area contributed by atoms with E-state index in [2.05, 4.69) is 48.1 Å². The molecule has 0 spiro atoms. The van der Waals surface area contributed by atoms with Gasteiger partial charge in [0.1, 0.15) is 0 Å². The minimum absolute atomic E-state index is 0.290. The Balaban J connectivity index is 4.39. The first-order valence-corrected chi connectivity index (χ1v) is 8.15. The van der Waals surface area contributed by atoms with Gasteiger partial charge >= 0.3 is 0 Å². The van der Waals surface area contributed by atoms with Gasteiger partial charge in [-0.25, -0.2) is 0 Å². The predicted molar refractivity (Wildman–Crippen MR) is 75.2 cm³/mol. The van der Waals surface area contributed by atoms with Crippen LogP contribution in [0.2, 0.25) is 11.1 Å². The van der Waals surface area contributed by atoms with Crippen molar-refractivity contribution in [3.05, 3.63) is 12.2 Å². The first-order valence-electron chi connectivity index (χ1n) is 6.58. The molecule has 0 aliphatic heterocycles. The average Bonchev–Trinajstić information content (AvgIpc) is 2.16. The van der Waals surface area contributed by atoms with Crippen LogP contribution in [-0.4, -0.2) is 15.1 Å². The molecule has 0 aromatic heterocycles. The van der Waals surface area contributed by atoms with E-state index in [-0.39, 0.29) is 0 Å². The zero-order chi connectivity index (χ0) is 12.7. The highest BCUT2D eigenvalue weighted by atomic mass is 28.3. The Hall–Kier alpha value is -0.0831. The maximum Gasteiger partial charge on any atom is 0.217 e. The molecule has 16 heavy (non-hydrogen) atoms. The lowest BCUT2D eigenvalue weighted by atomic mass is 10.1. The van der Waals surface area contributed by atoms with E-state index in [1.54, 1.807) is 0 Å². The molecule has 2 heteroatoms. The molecule has 0 fully saturated rings. The maximum atomic E-state index is 6.34. The normalized spacial score (nSPS) is 13.8. The van der Waals surface area contributed by atoms with E-state index in [1.807, 2.05) is 0 Å². The first kappa shape index (κ1) is 15.9. The molecule has 0 bridgehead atoms. The predicted octanol–water partition coefficient (Wildman–Crippen LogP) is 4.95. The third-order valence-electron chi connectivity index (χ3n) is 2.79. The van der Waals surface area contributed by atoms with Gasteiger partial charge < -0.3 is 4.43 Å². The second kappa shape index (κ2) is 8.07. The molecule has 0 saturated heterocycles. The lowest BCUT2D eigenvalue weighted by molar-refractivity contribution is 0.215. The summed E-state index contributed by atoms with van der Waals surface area (Å²) in [7, 11) is -0.713. The van der Waals surface area contributed by atoms with Gasteiger partial charge in [0.2, 0.25) is 9.04 Å². The molecule has 1 nitrogen and oxygen atoms in total. The zero-order valence-corrected chi connectivity index (χ0v) is 13.0. The summed E-state index contributed by atoms with van der Waals surface area (Å²) in [6, 6.07) is 0. The van der Waals surface area contributed by atoms with Gasteiger partial charge in [0, 0.05) is 0 Å². The Kier molecular flexibility index (Phi) is 8.03. The van der Waals surface area contributed by atoms with Crippen molar-refractivity contribution in [1.82, 2.24) is 0 Å². The quantitative estimate of drug-likeness (QED) is 0.431. The van der Waals surface area contributed by atoms with Crippen molar-refractivity contribution in [1.29, 1.82) is 0 Å². The van der Waals surface area contributed by atoms with Crippen LogP contribution in [0, 0.1) is 0 Å². The second-order valence-electron chi connectivity index (χ2n) is 5.31. The van der Waals surface area contributed by atoms with Crippen LogP contribution in [-0.2, 0) is 4.43 Å². The highest BCUT2D eigenvalue weighted by Gasteiger charge is 2.25. The second-order valence-corrected chi connectivity index (χ2v) is 8.66. The van der Waals surface area contributed by atoms with Crippen LogP contribution in [0.4, 0.5) is 0 Å². The maximum absolute atomic E-state index is 6.34. The smallest absolute Gasteiger partial charge is 0.217 e. The van der Waals surface area contributed by atoms with Gasteiger partial charge in [0.05, 0.1) is 6.10 Å². The summed E-state index contributed by atoms with van der Waals surface area (Å²) in [5.41, 5.74) is 2.54. The number of rotatable bonds is 8. The van der Waals surface area contributed by atoms with Gasteiger partial charge in [-0.3, -0.25) is 0 Å². The molecule has 0 aromatic rings. The van der Waals surface area contributed by atoms with E-state index in [4.69, 9.17) is 4.43 Å². The van der Waals surface area contributed by atoms with Gasteiger partial charge in [-0.15, -0.1) is 0 Å². The average molecular weight is 241 g/mol. The molecule has 1 atom stereocenters. The van der Waals surface area contributed by atoms with Crippen LogP contribution in [0.1, 0.15) is 60.8 Å². The zero-order valence-electron chi connectivity index (χ0n) is 12.0. The van der Waals surface area contributed by atoms with Crippen molar-refractivity contribution in [2.24, 2.45) is 0 Å². The van der Waals surface area contributed by atoms with Gasteiger partial charge in [0.15, 0.2) is 0 Å². The summed E-state index contributed by atoms with van der Waals surface area (Å²) >= 11 is 0. The topological polar surface area (TPSA) is 9.23 Å². The fourth-order valence-electron chi connectivity index (χ4n) is 1.90. The van der Waals surface area contributed by atoms with E-state index in [9.17, 15) is 0 Å². The molecule has 0 aromatic carbocycles. The molecular formula is C14H29OSi. The summed E-state index contributed by atoms with van der Waals surface area (Å²) in [5.74, 6) is 0. The molecule has 0 aliphatic rings. The van der Waals surface area contributed by atoms with Gasteiger partial charge in [-0.05, 0) is 24.4 Å². The van der Waals surface area contributed by atoms with E-state index < -0.39 is 9.04 Å². The standard InChI is InChI=1S/C14H29OSi/c1-8-9-10-14(11(2)3)15-16(12(4)5)13(6)7/h12-14H,2,8-10H2,1,3-7H3. The van der Waals surface area contributed by atoms with E-state index in [1.165, 1.54) is 18.4 Å². The highest BCUT2D eigenvalue weighted by molar-refractivity contribution is 6.55. The first-order chi connectivity index (χ1) is 7.40. The monoisotopic (exact) mass is 241 g/mol. The Labute approximate surface area is 104 Å². The summed E-state index contributed by atoms with van der Waals surface area (Å²) in [6.45, 7) is 17.5. The van der Waals surface area contributed by atoms with Gasteiger partial charge in [-0.1, -0.05) is 59.6 Å². The molecule has 1 radical (unpaired) electrons. The van der Waals surface area contributed by atoms with Gasteiger partial charge in [0.25, 0.3) is 0 Å². The van der Waals surface area contributed by atoms with Crippen LogP contribution >= 0.6 is 0 Å². The van der Waals surface area contributed by atoms with Crippen molar-refractivity contribution in [2.75, 3.05) is 0 Å². The molecule has 95 valence electrons. The van der Waals surface area contributed by atoms with Crippen molar-refractivity contribution in [3.63, 3.8) is 0 Å². The molecule has 0 aliphatic carbocycles. The Morgan fingerprint density at radius 2 is 1.69 bits per heavy atom. The lowest BCUT2D eigenvalue weighted by Gasteiger charge is -2.28. The van der Waals surface area contributed by atoms with Crippen LogP contribution in [0.25, 0.3) is 0 Å². The summed E-state index contributed by atoms with van der Waals surface area (Å²) < 4.78 is 6.34. The number of unbranched alkanes of at least 4 members (excludes halogenated alkanes) is 1. The molecule has 0 N–H and O–H groups in total. The fourth-order valence-corrected chi connectivity index (χ4v) is 4.42. The number of hydrogen-bond donors (Lipinski definition) is 0. The largest absolute Gasteiger partial charge is 0.410 e. The lowest BCUT2D eigenvalue weighted by Crippen LogP contribution is -2.31. The van der Waals surface area contributed by atoms with Crippen molar-refractivity contribution < 1.29 is 4.43 Å². The van der Waals surface area contributed by atoms with E-state index >= 15 is 0 Å². The van der Waals surface area contributed by atoms with Crippen LogP contribution in [0.3, 0.4) is 0 Å². The van der Waals surface area contributed by atoms with Crippen LogP contribution < -0.4 is 0 Å². The third kappa shape index (κ3) is 5.85. The molecule has 0 amide bonds. The minimum Gasteiger partial charge on any atom is -0.410 e. The van der Waals surface area contributed by atoms with Crippen LogP contribution in [0.5, 0.6) is 0 Å². The molecule has 0 rings (SSSR count). The minimum atomic E-state index is -0.713. The molecule has 0 saturated carbocycles. The van der Waals surface area contributed by atoms with Gasteiger partial charge in [-0.2, -0.15) is 0 Å². The highest BCUT2D eigenvalue weighted by Crippen LogP contribution is 2.25. The Bertz CT molecular complexity index is 191. The van der Waals surface area contributed by atoms with Crippen molar-refractivity contribution in [2.45, 2.75) is 78.0 Å². The molecular weight excluding hydrogens is 212 g/mol. The van der Waals surface area contributed by atoms with E-state index in [0.29, 0.717) is 17.2 Å². The van der Waals surface area contributed by atoms with Crippen molar-refractivity contribution >= 4 is 9.04 Å². The SMILES string of the molecule is C=C(C)C(CCCC)O[Si](C(C)C)C(C)C.